The van der Waals surface area contributed by atoms with E-state index in [9.17, 15) is 29.7 Å². The number of ether oxygens (including phenoxy) is 6. The zero-order valence-electron chi connectivity index (χ0n) is 45.3. The molecular weight excluding hydrogens is 879 g/mol. The van der Waals surface area contributed by atoms with Crippen molar-refractivity contribution >= 4 is 17.9 Å². The first-order valence-corrected chi connectivity index (χ1v) is 28.6. The minimum absolute atomic E-state index is 0.0101. The average Bonchev–Trinajstić information content (AvgIpc) is 3.34. The SMILES string of the molecule is CCCCCCCCCC(CCCCCCC)C(O)CN(CCCO)C[C@H](O)OCC(COC(=O)CCCCCC(=O)OC)COC(=O)CCC(OCCCCCCCC)OCCCCCCCC. The maximum Gasteiger partial charge on any atom is 0.305 e. The molecular formula is C56H109NO12. The van der Waals surface area contributed by atoms with Crippen LogP contribution < -0.4 is 0 Å². The number of aliphatic hydroxyl groups excluding tert-OH is 3. The predicted octanol–water partition coefficient (Wildman–Crippen LogP) is 12.2. The van der Waals surface area contributed by atoms with E-state index in [-0.39, 0.29) is 57.7 Å². The van der Waals surface area contributed by atoms with Crippen molar-refractivity contribution in [3.63, 3.8) is 0 Å². The first-order valence-electron chi connectivity index (χ1n) is 28.6. The lowest BCUT2D eigenvalue weighted by molar-refractivity contribution is -0.164. The summed E-state index contributed by atoms with van der Waals surface area (Å²) < 4.78 is 34.3. The number of carbonyl (C=O) groups is 3. The van der Waals surface area contributed by atoms with Gasteiger partial charge in [-0.15, -0.1) is 0 Å². The van der Waals surface area contributed by atoms with E-state index in [2.05, 4.69) is 27.7 Å². The number of nitrogens with zero attached hydrogens (tertiary/aromatic N) is 1. The van der Waals surface area contributed by atoms with Gasteiger partial charge in [0.2, 0.25) is 0 Å². The summed E-state index contributed by atoms with van der Waals surface area (Å²) in [6.07, 6.45) is 31.2. The Morgan fingerprint density at radius 2 is 0.899 bits per heavy atom. The molecule has 4 atom stereocenters. The molecule has 0 saturated carbocycles. The molecule has 0 aromatic heterocycles. The fraction of sp³-hybridized carbons (Fsp3) is 0.946. The fourth-order valence-electron chi connectivity index (χ4n) is 8.56. The van der Waals surface area contributed by atoms with Gasteiger partial charge in [0.05, 0.1) is 45.4 Å². The smallest absolute Gasteiger partial charge is 0.305 e. The number of rotatable bonds is 54. The normalized spacial score (nSPS) is 13.5. The number of methoxy groups -OCH3 is 1. The van der Waals surface area contributed by atoms with Gasteiger partial charge in [-0.05, 0) is 50.9 Å². The maximum atomic E-state index is 13.2. The summed E-state index contributed by atoms with van der Waals surface area (Å²) in [7, 11) is 1.36. The highest BCUT2D eigenvalue weighted by Crippen LogP contribution is 2.24. The van der Waals surface area contributed by atoms with Crippen LogP contribution in [0.4, 0.5) is 0 Å². The summed E-state index contributed by atoms with van der Waals surface area (Å²) in [5, 5.41) is 32.6. The third-order valence-corrected chi connectivity index (χ3v) is 13.1. The Kier molecular flexibility index (Phi) is 49.7. The molecule has 0 spiro atoms. The molecule has 0 aliphatic heterocycles. The zero-order valence-corrected chi connectivity index (χ0v) is 45.3. The standard InChI is InChI=1S/C56H109NO12/c1-6-10-14-18-21-23-28-35-50(34-27-22-17-13-9-4)51(59)44-57(40-33-41-58)45-55(63)69-48-49(46-67-53(61)37-30-26-29-36-52(60)64-5)47-68-54(62)38-39-56(65-42-31-24-19-15-11-7-2)66-43-32-25-20-16-12-8-3/h49-51,55-56,58-59,63H,6-48H2,1-5H3/t49?,50?,51?,55-/m1/s1. The van der Waals surface area contributed by atoms with Crippen molar-refractivity contribution in [2.24, 2.45) is 11.8 Å². The third kappa shape index (κ3) is 44.6. The van der Waals surface area contributed by atoms with Crippen molar-refractivity contribution in [1.82, 2.24) is 4.90 Å². The van der Waals surface area contributed by atoms with E-state index in [1.807, 2.05) is 4.90 Å². The van der Waals surface area contributed by atoms with Gasteiger partial charge in [0.25, 0.3) is 0 Å². The number of aliphatic hydroxyl groups is 3. The second kappa shape index (κ2) is 51.0. The van der Waals surface area contributed by atoms with Gasteiger partial charge in [0, 0.05) is 58.7 Å². The largest absolute Gasteiger partial charge is 0.469 e. The van der Waals surface area contributed by atoms with Crippen LogP contribution in [-0.2, 0) is 42.8 Å². The molecule has 0 aromatic carbocycles. The highest BCUT2D eigenvalue weighted by Gasteiger charge is 2.25. The van der Waals surface area contributed by atoms with Gasteiger partial charge in [-0.2, -0.15) is 0 Å². The van der Waals surface area contributed by atoms with Crippen LogP contribution in [0.3, 0.4) is 0 Å². The van der Waals surface area contributed by atoms with Crippen molar-refractivity contribution < 1.29 is 58.1 Å². The molecule has 3 unspecified atom stereocenters. The van der Waals surface area contributed by atoms with E-state index in [1.165, 1.54) is 123 Å². The molecule has 0 saturated heterocycles. The lowest BCUT2D eigenvalue weighted by Crippen LogP contribution is -2.42. The molecule has 410 valence electrons. The Bertz CT molecular complexity index is 1110. The third-order valence-electron chi connectivity index (χ3n) is 13.1. The molecule has 0 aromatic rings. The number of unbranched alkanes of at least 4 members (excludes halogenated alkanes) is 22. The molecule has 0 rings (SSSR count). The van der Waals surface area contributed by atoms with Gasteiger partial charge in [0.1, 0.15) is 0 Å². The topological polar surface area (TPSA) is 171 Å². The van der Waals surface area contributed by atoms with Crippen LogP contribution in [-0.4, -0.2) is 123 Å². The Balaban J connectivity index is 5.62. The van der Waals surface area contributed by atoms with Crippen LogP contribution >= 0.6 is 0 Å². The van der Waals surface area contributed by atoms with Crippen molar-refractivity contribution in [3.05, 3.63) is 0 Å². The van der Waals surface area contributed by atoms with Crippen molar-refractivity contribution in [1.29, 1.82) is 0 Å². The van der Waals surface area contributed by atoms with E-state index >= 15 is 0 Å². The molecule has 0 bridgehead atoms. The highest BCUT2D eigenvalue weighted by molar-refractivity contribution is 5.70. The Morgan fingerprint density at radius 1 is 0.464 bits per heavy atom. The molecule has 69 heavy (non-hydrogen) atoms. The van der Waals surface area contributed by atoms with E-state index in [1.54, 1.807) is 0 Å². The van der Waals surface area contributed by atoms with Crippen molar-refractivity contribution in [3.8, 4) is 0 Å². The summed E-state index contributed by atoms with van der Waals surface area (Å²) in [6, 6.07) is 0. The first kappa shape index (κ1) is 67.1. The molecule has 0 heterocycles. The van der Waals surface area contributed by atoms with Gasteiger partial charge < -0.3 is 43.7 Å². The number of esters is 3. The quantitative estimate of drug-likeness (QED) is 0.0228. The summed E-state index contributed by atoms with van der Waals surface area (Å²) >= 11 is 0. The Hall–Kier alpha value is -1.87. The highest BCUT2D eigenvalue weighted by atomic mass is 16.7. The van der Waals surface area contributed by atoms with E-state index < -0.39 is 36.5 Å². The zero-order chi connectivity index (χ0) is 50.8. The van der Waals surface area contributed by atoms with E-state index in [0.717, 1.165) is 51.4 Å². The molecule has 13 heteroatoms. The lowest BCUT2D eigenvalue weighted by atomic mass is 9.89. The van der Waals surface area contributed by atoms with Crippen LogP contribution in [0.15, 0.2) is 0 Å². The van der Waals surface area contributed by atoms with Crippen LogP contribution in [0.5, 0.6) is 0 Å². The van der Waals surface area contributed by atoms with Gasteiger partial charge in [-0.25, -0.2) is 0 Å². The molecule has 0 aliphatic rings. The summed E-state index contributed by atoms with van der Waals surface area (Å²) in [5.74, 6) is -1.50. The monoisotopic (exact) mass is 988 g/mol. The van der Waals surface area contributed by atoms with Crippen LogP contribution in [0, 0.1) is 11.8 Å². The van der Waals surface area contributed by atoms with E-state index in [4.69, 9.17) is 28.4 Å². The molecule has 3 N–H and O–H groups in total. The second-order valence-electron chi connectivity index (χ2n) is 19.7. The van der Waals surface area contributed by atoms with Crippen LogP contribution in [0.1, 0.15) is 246 Å². The van der Waals surface area contributed by atoms with Crippen molar-refractivity contribution in [2.75, 3.05) is 66.4 Å². The maximum absolute atomic E-state index is 13.2. The van der Waals surface area contributed by atoms with Gasteiger partial charge in [-0.3, -0.25) is 19.3 Å². The number of hydrogen-bond donors (Lipinski definition) is 3. The van der Waals surface area contributed by atoms with Gasteiger partial charge in [-0.1, -0.05) is 175 Å². The fourth-order valence-corrected chi connectivity index (χ4v) is 8.56. The Labute approximate surface area is 422 Å². The van der Waals surface area contributed by atoms with Crippen molar-refractivity contribution in [2.45, 2.75) is 265 Å². The van der Waals surface area contributed by atoms with Gasteiger partial charge >= 0.3 is 17.9 Å². The molecule has 13 nitrogen and oxygen atoms in total. The summed E-state index contributed by atoms with van der Waals surface area (Å²) in [6.45, 7) is 10.8. The van der Waals surface area contributed by atoms with Crippen LogP contribution in [0.25, 0.3) is 0 Å². The minimum Gasteiger partial charge on any atom is -0.469 e. The minimum atomic E-state index is -1.23. The van der Waals surface area contributed by atoms with Gasteiger partial charge in [0.15, 0.2) is 12.6 Å². The predicted molar refractivity (Wildman–Crippen MR) is 278 cm³/mol. The summed E-state index contributed by atoms with van der Waals surface area (Å²) in [5.41, 5.74) is 0. The molecule has 0 fully saturated rings. The average molecular weight is 988 g/mol. The van der Waals surface area contributed by atoms with E-state index in [0.29, 0.717) is 64.8 Å². The molecule has 0 amide bonds. The van der Waals surface area contributed by atoms with Crippen LogP contribution in [0.2, 0.25) is 0 Å². The molecule has 0 aliphatic carbocycles. The number of hydrogen-bond acceptors (Lipinski definition) is 13. The number of carbonyl (C=O) groups excluding carboxylic acids is 3. The Morgan fingerprint density at radius 3 is 1.38 bits per heavy atom. The second-order valence-corrected chi connectivity index (χ2v) is 19.7. The summed E-state index contributed by atoms with van der Waals surface area (Å²) in [4.78, 5) is 39.4. The molecule has 0 radical (unpaired) electrons. The first-order chi connectivity index (χ1) is 33.6. The lowest BCUT2D eigenvalue weighted by Gasteiger charge is -2.31.